The molecule has 0 radical (unpaired) electrons. The third-order valence-corrected chi connectivity index (χ3v) is 5.89. The molecule has 1 aliphatic rings. The Hall–Kier alpha value is -1.03. The monoisotopic (exact) mass is 526 g/mol. The van der Waals surface area contributed by atoms with Crippen molar-refractivity contribution in [3.63, 3.8) is 0 Å². The van der Waals surface area contributed by atoms with Gasteiger partial charge in [-0.3, -0.25) is 9.89 Å². The fourth-order valence-corrected chi connectivity index (χ4v) is 3.99. The van der Waals surface area contributed by atoms with Gasteiger partial charge < -0.3 is 10.6 Å². The largest absolute Gasteiger partial charge is 0.401 e. The van der Waals surface area contributed by atoms with Crippen molar-refractivity contribution in [1.29, 1.82) is 0 Å². The average molecular weight is 526 g/mol. The number of halogens is 4. The van der Waals surface area contributed by atoms with E-state index in [4.69, 9.17) is 0 Å². The minimum atomic E-state index is -4.12. The van der Waals surface area contributed by atoms with E-state index in [1.54, 1.807) is 7.05 Å². The highest BCUT2D eigenvalue weighted by Gasteiger charge is 2.34. The summed E-state index contributed by atoms with van der Waals surface area (Å²) in [5.74, 6) is 0.911. The number of guanidine groups is 1. The summed E-state index contributed by atoms with van der Waals surface area (Å²) in [5.41, 5.74) is 1.33. The van der Waals surface area contributed by atoms with Crippen LogP contribution in [0.3, 0.4) is 0 Å². The maximum absolute atomic E-state index is 12.5. The molecule has 1 heterocycles. The van der Waals surface area contributed by atoms with Crippen LogP contribution < -0.4 is 10.6 Å². The van der Waals surface area contributed by atoms with Gasteiger partial charge in [0, 0.05) is 32.1 Å². The molecule has 2 rings (SSSR count). The first-order chi connectivity index (χ1) is 13.3. The lowest BCUT2D eigenvalue weighted by molar-refractivity contribution is -0.143. The molecule has 4 nitrogen and oxygen atoms in total. The van der Waals surface area contributed by atoms with Crippen LogP contribution >= 0.6 is 24.0 Å². The first kappa shape index (κ1) is 26.0. The Kier molecular flexibility index (Phi) is 10.7. The predicted molar refractivity (Wildman–Crippen MR) is 124 cm³/mol. The van der Waals surface area contributed by atoms with E-state index in [0.29, 0.717) is 25.6 Å². The standard InChI is InChI=1S/C21H33F3N4.HI/c1-4-20(5-2,18-9-7-6-8-10-18)15-27-19(25-3)26-13-17-11-12-28(14-17)16-21(22,23)24;/h6-10,17H,4-5,11-16H2,1-3H3,(H2,25,26,27);1H. The van der Waals surface area contributed by atoms with Crippen molar-refractivity contribution in [2.45, 2.75) is 44.7 Å². The number of hydrogen-bond acceptors (Lipinski definition) is 2. The van der Waals surface area contributed by atoms with Gasteiger partial charge in [0.15, 0.2) is 5.96 Å². The molecule has 0 amide bonds. The van der Waals surface area contributed by atoms with Crippen molar-refractivity contribution < 1.29 is 13.2 Å². The number of aliphatic imine (C=N–C) groups is 1. The van der Waals surface area contributed by atoms with Gasteiger partial charge in [-0.25, -0.2) is 0 Å². The molecule has 1 aliphatic heterocycles. The number of hydrogen-bond donors (Lipinski definition) is 2. The van der Waals surface area contributed by atoms with E-state index in [1.165, 1.54) is 10.5 Å². The number of rotatable bonds is 8. The fourth-order valence-electron chi connectivity index (χ4n) is 3.99. The zero-order valence-corrected chi connectivity index (χ0v) is 19.9. The average Bonchev–Trinajstić information content (AvgIpc) is 3.11. The minimum absolute atomic E-state index is 0. The molecule has 0 aromatic heterocycles. The van der Waals surface area contributed by atoms with E-state index in [9.17, 15) is 13.2 Å². The topological polar surface area (TPSA) is 39.7 Å². The second-order valence-electron chi connectivity index (χ2n) is 7.67. The highest BCUT2D eigenvalue weighted by atomic mass is 127. The summed E-state index contributed by atoms with van der Waals surface area (Å²) in [6.45, 7) is 5.94. The SMILES string of the molecule is CCC(CC)(CNC(=NC)NCC1CCN(CC(F)(F)F)C1)c1ccccc1.I. The van der Waals surface area contributed by atoms with Gasteiger partial charge in [0.1, 0.15) is 0 Å². The Balaban J connectivity index is 0.00000420. The fraction of sp³-hybridized carbons (Fsp3) is 0.667. The van der Waals surface area contributed by atoms with Gasteiger partial charge in [0.05, 0.1) is 6.54 Å². The Bertz CT molecular complexity index is 618. The van der Waals surface area contributed by atoms with Crippen LogP contribution in [0.25, 0.3) is 0 Å². The quantitative estimate of drug-likeness (QED) is 0.300. The van der Waals surface area contributed by atoms with Gasteiger partial charge >= 0.3 is 6.18 Å². The van der Waals surface area contributed by atoms with E-state index in [2.05, 4.69) is 53.7 Å². The van der Waals surface area contributed by atoms with Crippen molar-refractivity contribution >= 4 is 29.9 Å². The van der Waals surface area contributed by atoms with Crippen LogP contribution in [0.4, 0.5) is 13.2 Å². The van der Waals surface area contributed by atoms with Gasteiger partial charge in [0.25, 0.3) is 0 Å². The van der Waals surface area contributed by atoms with Crippen LogP contribution in [-0.2, 0) is 5.41 Å². The molecule has 1 aromatic carbocycles. The van der Waals surface area contributed by atoms with E-state index < -0.39 is 12.7 Å². The predicted octanol–water partition coefficient (Wildman–Crippen LogP) is 4.41. The Morgan fingerprint density at radius 1 is 1.14 bits per heavy atom. The normalized spacial score (nSPS) is 18.4. The molecular formula is C21H34F3IN4. The summed E-state index contributed by atoms with van der Waals surface area (Å²) in [6, 6.07) is 10.5. The highest BCUT2D eigenvalue weighted by molar-refractivity contribution is 14.0. The third kappa shape index (κ3) is 7.96. The van der Waals surface area contributed by atoms with Gasteiger partial charge in [-0.2, -0.15) is 13.2 Å². The lowest BCUT2D eigenvalue weighted by Crippen LogP contribution is -2.46. The molecule has 8 heteroatoms. The van der Waals surface area contributed by atoms with Crippen molar-refractivity contribution in [3.05, 3.63) is 35.9 Å². The van der Waals surface area contributed by atoms with Crippen LogP contribution in [0.15, 0.2) is 35.3 Å². The lowest BCUT2D eigenvalue weighted by atomic mass is 9.76. The molecule has 1 unspecified atom stereocenters. The maximum atomic E-state index is 12.5. The minimum Gasteiger partial charge on any atom is -0.356 e. The van der Waals surface area contributed by atoms with Crippen molar-refractivity contribution in [2.24, 2.45) is 10.9 Å². The second kappa shape index (κ2) is 12.0. The van der Waals surface area contributed by atoms with Crippen LogP contribution in [-0.4, -0.2) is 56.8 Å². The van der Waals surface area contributed by atoms with Gasteiger partial charge in [-0.15, -0.1) is 24.0 Å². The summed E-state index contributed by atoms with van der Waals surface area (Å²) >= 11 is 0. The Labute approximate surface area is 189 Å². The molecular weight excluding hydrogens is 492 g/mol. The molecule has 0 aliphatic carbocycles. The van der Waals surface area contributed by atoms with E-state index in [-0.39, 0.29) is 35.3 Å². The molecule has 0 saturated carbocycles. The lowest BCUT2D eigenvalue weighted by Gasteiger charge is -2.33. The van der Waals surface area contributed by atoms with Crippen molar-refractivity contribution in [3.8, 4) is 0 Å². The molecule has 2 N–H and O–H groups in total. The molecule has 1 fully saturated rings. The molecule has 1 atom stereocenters. The second-order valence-corrected chi connectivity index (χ2v) is 7.67. The molecule has 0 spiro atoms. The molecule has 1 aromatic rings. The zero-order valence-electron chi connectivity index (χ0n) is 17.6. The Morgan fingerprint density at radius 3 is 2.34 bits per heavy atom. The number of alkyl halides is 3. The smallest absolute Gasteiger partial charge is 0.356 e. The molecule has 29 heavy (non-hydrogen) atoms. The molecule has 1 saturated heterocycles. The molecule has 0 bridgehead atoms. The third-order valence-electron chi connectivity index (χ3n) is 5.89. The maximum Gasteiger partial charge on any atom is 0.401 e. The van der Waals surface area contributed by atoms with Crippen LogP contribution in [0, 0.1) is 5.92 Å². The van der Waals surface area contributed by atoms with E-state index >= 15 is 0 Å². The van der Waals surface area contributed by atoms with E-state index in [1.807, 2.05) is 6.07 Å². The highest BCUT2D eigenvalue weighted by Crippen LogP contribution is 2.30. The van der Waals surface area contributed by atoms with Gasteiger partial charge in [-0.1, -0.05) is 44.2 Å². The Morgan fingerprint density at radius 2 is 1.79 bits per heavy atom. The first-order valence-corrected chi connectivity index (χ1v) is 10.1. The number of benzene rings is 1. The van der Waals surface area contributed by atoms with E-state index in [0.717, 1.165) is 25.8 Å². The van der Waals surface area contributed by atoms with Crippen LogP contribution in [0.5, 0.6) is 0 Å². The summed E-state index contributed by atoms with van der Waals surface area (Å²) in [4.78, 5) is 5.78. The van der Waals surface area contributed by atoms with Crippen molar-refractivity contribution in [1.82, 2.24) is 15.5 Å². The number of nitrogens with one attached hydrogen (secondary N) is 2. The number of nitrogens with zero attached hydrogens (tertiary/aromatic N) is 2. The summed E-state index contributed by atoms with van der Waals surface area (Å²) in [7, 11) is 1.72. The summed E-state index contributed by atoms with van der Waals surface area (Å²) < 4.78 is 37.6. The number of likely N-dealkylation sites (tertiary alicyclic amines) is 1. The molecule has 166 valence electrons. The first-order valence-electron chi connectivity index (χ1n) is 10.1. The van der Waals surface area contributed by atoms with Gasteiger partial charge in [-0.05, 0) is 37.3 Å². The zero-order chi connectivity index (χ0) is 20.6. The van der Waals surface area contributed by atoms with Crippen LogP contribution in [0.2, 0.25) is 0 Å². The van der Waals surface area contributed by atoms with Crippen LogP contribution in [0.1, 0.15) is 38.7 Å². The summed E-state index contributed by atoms with van der Waals surface area (Å²) in [5, 5.41) is 6.73. The summed E-state index contributed by atoms with van der Waals surface area (Å²) in [6.07, 6.45) is -1.34. The van der Waals surface area contributed by atoms with Gasteiger partial charge in [0.2, 0.25) is 0 Å². The van der Waals surface area contributed by atoms with Crippen molar-refractivity contribution in [2.75, 3.05) is 39.8 Å².